The number of aromatic nitrogens is 4. The Hall–Kier alpha value is -3.23. The molecule has 1 atom stereocenters. The molecule has 0 aliphatic carbocycles. The summed E-state index contributed by atoms with van der Waals surface area (Å²) in [6.07, 6.45) is 4.69. The number of rotatable bonds is 6. The maximum atomic E-state index is 12.9. The molecule has 1 unspecified atom stereocenters. The summed E-state index contributed by atoms with van der Waals surface area (Å²) in [5.41, 5.74) is 0.444. The van der Waals surface area contributed by atoms with Crippen LogP contribution in [0.4, 0.5) is 4.39 Å². The second-order valence-electron chi connectivity index (χ2n) is 6.58. The van der Waals surface area contributed by atoms with E-state index in [1.54, 1.807) is 29.3 Å². The molecule has 0 spiro atoms. The number of nitrogens with one attached hydrogen (secondary N) is 1. The summed E-state index contributed by atoms with van der Waals surface area (Å²) in [7, 11) is 0. The quantitative estimate of drug-likeness (QED) is 0.701. The van der Waals surface area contributed by atoms with Crippen molar-refractivity contribution in [3.63, 3.8) is 0 Å². The summed E-state index contributed by atoms with van der Waals surface area (Å²) in [6, 6.07) is 7.23. The van der Waals surface area contributed by atoms with Crippen molar-refractivity contribution in [2.45, 2.75) is 31.7 Å². The van der Waals surface area contributed by atoms with E-state index in [0.29, 0.717) is 42.7 Å². The second-order valence-corrected chi connectivity index (χ2v) is 6.58. The van der Waals surface area contributed by atoms with Crippen LogP contribution in [0, 0.1) is 5.82 Å². The van der Waals surface area contributed by atoms with E-state index in [-0.39, 0.29) is 17.8 Å². The Bertz CT molecular complexity index is 910. The molecule has 0 bridgehead atoms. The van der Waals surface area contributed by atoms with Gasteiger partial charge in [0.05, 0.1) is 6.61 Å². The van der Waals surface area contributed by atoms with Crippen LogP contribution >= 0.6 is 0 Å². The Morgan fingerprint density at radius 3 is 2.93 bits per heavy atom. The molecule has 3 aromatic rings. The van der Waals surface area contributed by atoms with Gasteiger partial charge in [0.1, 0.15) is 23.3 Å². The summed E-state index contributed by atoms with van der Waals surface area (Å²) in [6.45, 7) is 0.972. The molecule has 1 aromatic carbocycles. The van der Waals surface area contributed by atoms with E-state index in [2.05, 4.69) is 20.3 Å². The molecule has 4 rings (SSSR count). The van der Waals surface area contributed by atoms with Crippen LogP contribution in [-0.4, -0.2) is 44.3 Å². The van der Waals surface area contributed by atoms with Gasteiger partial charge in [-0.1, -0.05) is 5.16 Å². The van der Waals surface area contributed by atoms with Crippen LogP contribution in [0.5, 0.6) is 5.75 Å². The van der Waals surface area contributed by atoms with Crippen LogP contribution in [0.25, 0.3) is 0 Å². The number of hydrogen-bond donors (Lipinski definition) is 1. The van der Waals surface area contributed by atoms with Crippen molar-refractivity contribution < 1.29 is 18.4 Å². The minimum Gasteiger partial charge on any atom is -0.493 e. The number of ether oxygens (including phenoxy) is 1. The Morgan fingerprint density at radius 2 is 2.14 bits per heavy atom. The number of hydrogen-bond acceptors (Lipinski definition) is 6. The standard InChI is InChI=1S/C19H20FN5O3/c20-13-4-6-14(7-5-13)27-12-9-17-22-18(28-24-17)16-3-1-2-11-25(16)19(26)15-8-10-21-23-15/h4-8,10,16H,1-3,9,11-12H2,(H,21,23). The first-order valence-corrected chi connectivity index (χ1v) is 9.22. The van der Waals surface area contributed by atoms with E-state index in [4.69, 9.17) is 9.26 Å². The van der Waals surface area contributed by atoms with E-state index < -0.39 is 0 Å². The highest BCUT2D eigenvalue weighted by atomic mass is 19.1. The monoisotopic (exact) mass is 385 g/mol. The average Bonchev–Trinajstić information content (AvgIpc) is 3.41. The summed E-state index contributed by atoms with van der Waals surface area (Å²) in [4.78, 5) is 18.9. The number of amides is 1. The van der Waals surface area contributed by atoms with E-state index >= 15 is 0 Å². The van der Waals surface area contributed by atoms with Gasteiger partial charge in [-0.15, -0.1) is 0 Å². The van der Waals surface area contributed by atoms with Crippen molar-refractivity contribution in [3.8, 4) is 5.75 Å². The number of H-pyrrole nitrogens is 1. The zero-order valence-electron chi connectivity index (χ0n) is 15.2. The highest BCUT2D eigenvalue weighted by molar-refractivity contribution is 5.92. The van der Waals surface area contributed by atoms with Gasteiger partial charge in [-0.3, -0.25) is 9.89 Å². The van der Waals surface area contributed by atoms with Gasteiger partial charge in [0, 0.05) is 19.2 Å². The second kappa shape index (κ2) is 8.20. The van der Waals surface area contributed by atoms with Crippen LogP contribution in [0.15, 0.2) is 41.1 Å². The largest absolute Gasteiger partial charge is 0.493 e. The van der Waals surface area contributed by atoms with Gasteiger partial charge in [0.15, 0.2) is 5.82 Å². The van der Waals surface area contributed by atoms with E-state index in [0.717, 1.165) is 19.3 Å². The maximum Gasteiger partial charge on any atom is 0.272 e. The SMILES string of the molecule is O=C(c1ccn[nH]1)N1CCCCC1c1nc(CCOc2ccc(F)cc2)no1. The van der Waals surface area contributed by atoms with Gasteiger partial charge < -0.3 is 14.2 Å². The van der Waals surface area contributed by atoms with Gasteiger partial charge in [-0.2, -0.15) is 10.1 Å². The summed E-state index contributed by atoms with van der Waals surface area (Å²) < 4.78 is 23.9. The van der Waals surface area contributed by atoms with Gasteiger partial charge >= 0.3 is 0 Å². The number of likely N-dealkylation sites (tertiary alicyclic amines) is 1. The molecule has 0 radical (unpaired) electrons. The molecule has 9 heteroatoms. The number of carbonyl (C=O) groups is 1. The van der Waals surface area contributed by atoms with Crippen LogP contribution in [-0.2, 0) is 6.42 Å². The van der Waals surface area contributed by atoms with Crippen LogP contribution in [0.3, 0.4) is 0 Å². The molecule has 8 nitrogen and oxygen atoms in total. The molecule has 0 saturated carbocycles. The maximum absolute atomic E-state index is 12.9. The summed E-state index contributed by atoms with van der Waals surface area (Å²) in [5.74, 6) is 1.09. The first-order chi connectivity index (χ1) is 13.7. The molecule has 1 N–H and O–H groups in total. The topological polar surface area (TPSA) is 97.1 Å². The molecule has 1 fully saturated rings. The third-order valence-electron chi connectivity index (χ3n) is 4.67. The number of carbonyl (C=O) groups excluding carboxylic acids is 1. The van der Waals surface area contributed by atoms with E-state index in [1.165, 1.54) is 12.1 Å². The molecule has 146 valence electrons. The minimum atomic E-state index is -0.308. The summed E-state index contributed by atoms with van der Waals surface area (Å²) in [5, 5.41) is 10.6. The Labute approximate surface area is 160 Å². The average molecular weight is 385 g/mol. The van der Waals surface area contributed by atoms with Gasteiger partial charge in [-0.25, -0.2) is 4.39 Å². The first-order valence-electron chi connectivity index (χ1n) is 9.22. The van der Waals surface area contributed by atoms with E-state index in [1.807, 2.05) is 0 Å². The first kappa shape index (κ1) is 18.1. The predicted molar refractivity (Wildman–Crippen MR) is 96.1 cm³/mol. The number of halogens is 1. The fourth-order valence-corrected chi connectivity index (χ4v) is 3.26. The van der Waals surface area contributed by atoms with E-state index in [9.17, 15) is 9.18 Å². The lowest BCUT2D eigenvalue weighted by Gasteiger charge is -2.32. The highest BCUT2D eigenvalue weighted by Gasteiger charge is 2.33. The third kappa shape index (κ3) is 4.03. The smallest absolute Gasteiger partial charge is 0.272 e. The van der Waals surface area contributed by atoms with Gasteiger partial charge in [-0.05, 0) is 49.6 Å². The van der Waals surface area contributed by atoms with Gasteiger partial charge in [0.25, 0.3) is 5.91 Å². The summed E-state index contributed by atoms with van der Waals surface area (Å²) >= 11 is 0. The normalized spacial score (nSPS) is 16.9. The number of piperidine rings is 1. The zero-order chi connectivity index (χ0) is 19.3. The molecule has 1 aliphatic heterocycles. The van der Waals surface area contributed by atoms with Crippen LogP contribution < -0.4 is 4.74 Å². The Balaban J connectivity index is 1.39. The van der Waals surface area contributed by atoms with Crippen LogP contribution in [0.2, 0.25) is 0 Å². The molecule has 1 saturated heterocycles. The molecule has 2 aromatic heterocycles. The molecule has 28 heavy (non-hydrogen) atoms. The number of aromatic amines is 1. The Kier molecular flexibility index (Phi) is 5.31. The fourth-order valence-electron chi connectivity index (χ4n) is 3.26. The number of nitrogens with zero attached hydrogens (tertiary/aromatic N) is 4. The lowest BCUT2D eigenvalue weighted by Crippen LogP contribution is -2.38. The van der Waals surface area contributed by atoms with Crippen molar-refractivity contribution >= 4 is 5.91 Å². The lowest BCUT2D eigenvalue weighted by atomic mass is 10.0. The minimum absolute atomic E-state index is 0.124. The highest BCUT2D eigenvalue weighted by Crippen LogP contribution is 2.31. The van der Waals surface area contributed by atoms with Crippen molar-refractivity contribution in [2.24, 2.45) is 0 Å². The molecular weight excluding hydrogens is 365 g/mol. The third-order valence-corrected chi connectivity index (χ3v) is 4.67. The molecule has 1 aliphatic rings. The van der Waals surface area contributed by atoms with Crippen molar-refractivity contribution in [1.29, 1.82) is 0 Å². The Morgan fingerprint density at radius 1 is 1.29 bits per heavy atom. The van der Waals surface area contributed by atoms with Crippen molar-refractivity contribution in [3.05, 3.63) is 59.8 Å². The predicted octanol–water partition coefficient (Wildman–Crippen LogP) is 2.92. The molecule has 3 heterocycles. The van der Waals surface area contributed by atoms with Gasteiger partial charge in [0.2, 0.25) is 5.89 Å². The zero-order valence-corrected chi connectivity index (χ0v) is 15.2. The van der Waals surface area contributed by atoms with Crippen molar-refractivity contribution in [2.75, 3.05) is 13.2 Å². The van der Waals surface area contributed by atoms with Crippen molar-refractivity contribution in [1.82, 2.24) is 25.2 Å². The van der Waals surface area contributed by atoms with Crippen LogP contribution in [0.1, 0.15) is 47.5 Å². The fraction of sp³-hybridized carbons (Fsp3) is 0.368. The number of benzene rings is 1. The molecule has 1 amide bonds. The lowest BCUT2D eigenvalue weighted by molar-refractivity contribution is 0.0555. The molecular formula is C19H20FN5O3.